The third-order valence-corrected chi connectivity index (χ3v) is 3.77. The standard InChI is InChI=1S/C19H19N3O3/c1-2-3-12-25-14-10-8-13(9-11-14)18(23)22-21-17-15-6-4-5-7-16(15)20-19(17)24/h4-11,20,24H,2-3,12H2,1H3. The fourth-order valence-electron chi connectivity index (χ4n) is 2.40. The number of benzene rings is 2. The average Bonchev–Trinajstić information content (AvgIpc) is 2.95. The van der Waals surface area contributed by atoms with Gasteiger partial charge in [-0.05, 0) is 36.8 Å². The molecule has 0 aliphatic heterocycles. The molecule has 0 unspecified atom stereocenters. The maximum Gasteiger partial charge on any atom is 0.295 e. The van der Waals surface area contributed by atoms with Crippen LogP contribution in [0.3, 0.4) is 0 Å². The second-order valence-corrected chi connectivity index (χ2v) is 5.60. The number of carbonyl (C=O) groups is 1. The number of para-hydroxylation sites is 1. The van der Waals surface area contributed by atoms with Crippen molar-refractivity contribution in [1.29, 1.82) is 0 Å². The van der Waals surface area contributed by atoms with Crippen LogP contribution in [0, 0.1) is 0 Å². The Morgan fingerprint density at radius 2 is 1.92 bits per heavy atom. The van der Waals surface area contributed by atoms with Crippen LogP contribution in [0.15, 0.2) is 58.8 Å². The van der Waals surface area contributed by atoms with Gasteiger partial charge < -0.3 is 14.8 Å². The van der Waals surface area contributed by atoms with Gasteiger partial charge in [-0.3, -0.25) is 4.79 Å². The van der Waals surface area contributed by atoms with E-state index in [0.717, 1.165) is 24.1 Å². The molecule has 0 bridgehead atoms. The van der Waals surface area contributed by atoms with E-state index in [4.69, 9.17) is 4.74 Å². The van der Waals surface area contributed by atoms with Gasteiger partial charge in [0.25, 0.3) is 5.91 Å². The second kappa shape index (κ2) is 7.61. The van der Waals surface area contributed by atoms with Crippen LogP contribution in [0.2, 0.25) is 0 Å². The molecule has 0 fully saturated rings. The average molecular weight is 337 g/mol. The van der Waals surface area contributed by atoms with E-state index >= 15 is 0 Å². The minimum atomic E-state index is -0.482. The first kappa shape index (κ1) is 16.7. The van der Waals surface area contributed by atoms with Crippen LogP contribution >= 0.6 is 0 Å². The molecule has 1 amide bonds. The van der Waals surface area contributed by atoms with Gasteiger partial charge in [-0.1, -0.05) is 31.5 Å². The molecule has 0 spiro atoms. The summed E-state index contributed by atoms with van der Waals surface area (Å²) in [6.45, 7) is 2.75. The Bertz CT molecular complexity index is 898. The normalized spacial score (nSPS) is 11.2. The Balaban J connectivity index is 1.73. The van der Waals surface area contributed by atoms with Crippen LogP contribution in [-0.4, -0.2) is 22.6 Å². The lowest BCUT2D eigenvalue weighted by molar-refractivity contribution is 0.0995. The smallest absolute Gasteiger partial charge is 0.295 e. The summed E-state index contributed by atoms with van der Waals surface area (Å²) < 4.78 is 5.56. The predicted molar refractivity (Wildman–Crippen MR) is 95.7 cm³/mol. The summed E-state index contributed by atoms with van der Waals surface area (Å²) in [5, 5.41) is 18.3. The molecule has 6 heteroatoms. The Morgan fingerprint density at radius 1 is 1.16 bits per heavy atom. The zero-order valence-electron chi connectivity index (χ0n) is 13.9. The molecule has 0 atom stereocenters. The number of azo groups is 1. The fraction of sp³-hybridized carbons (Fsp3) is 0.211. The largest absolute Gasteiger partial charge is 0.494 e. The lowest BCUT2D eigenvalue weighted by Gasteiger charge is -2.04. The van der Waals surface area contributed by atoms with E-state index < -0.39 is 5.91 Å². The molecule has 25 heavy (non-hydrogen) atoms. The number of nitrogens with zero attached hydrogens (tertiary/aromatic N) is 2. The van der Waals surface area contributed by atoms with Crippen molar-refractivity contribution in [2.45, 2.75) is 19.8 Å². The summed E-state index contributed by atoms with van der Waals surface area (Å²) in [6, 6.07) is 14.1. The van der Waals surface area contributed by atoms with Gasteiger partial charge in [-0.15, -0.1) is 10.2 Å². The number of amides is 1. The van der Waals surface area contributed by atoms with E-state index in [0.29, 0.717) is 17.6 Å². The quantitative estimate of drug-likeness (QED) is 0.491. The van der Waals surface area contributed by atoms with Crippen LogP contribution in [0.5, 0.6) is 11.6 Å². The highest BCUT2D eigenvalue weighted by Gasteiger charge is 2.11. The molecular weight excluding hydrogens is 318 g/mol. The molecule has 3 rings (SSSR count). The topological polar surface area (TPSA) is 87.0 Å². The first-order valence-corrected chi connectivity index (χ1v) is 8.17. The van der Waals surface area contributed by atoms with E-state index in [2.05, 4.69) is 22.1 Å². The zero-order valence-corrected chi connectivity index (χ0v) is 13.9. The first-order valence-electron chi connectivity index (χ1n) is 8.17. The molecule has 2 aromatic carbocycles. The molecule has 0 saturated carbocycles. The molecule has 128 valence electrons. The summed E-state index contributed by atoms with van der Waals surface area (Å²) in [7, 11) is 0. The molecule has 0 aliphatic rings. The summed E-state index contributed by atoms with van der Waals surface area (Å²) in [6.07, 6.45) is 2.06. The summed E-state index contributed by atoms with van der Waals surface area (Å²) in [4.78, 5) is 15.0. The number of fused-ring (bicyclic) bond motifs is 1. The van der Waals surface area contributed by atoms with Gasteiger partial charge in [0.1, 0.15) is 5.75 Å². The van der Waals surface area contributed by atoms with Gasteiger partial charge in [-0.2, -0.15) is 0 Å². The molecular formula is C19H19N3O3. The first-order chi connectivity index (χ1) is 12.2. The number of nitrogens with one attached hydrogen (secondary N) is 1. The number of hydrogen-bond donors (Lipinski definition) is 2. The minimum absolute atomic E-state index is 0.113. The number of H-pyrrole nitrogens is 1. The number of carbonyl (C=O) groups excluding carboxylic acids is 1. The molecule has 0 radical (unpaired) electrons. The predicted octanol–water partition coefficient (Wildman–Crippen LogP) is 4.98. The Labute approximate surface area is 145 Å². The SMILES string of the molecule is CCCCOc1ccc(C(=O)N=Nc2c(O)[nH]c3ccccc23)cc1. The third kappa shape index (κ3) is 3.85. The summed E-state index contributed by atoms with van der Waals surface area (Å²) >= 11 is 0. The highest BCUT2D eigenvalue weighted by Crippen LogP contribution is 2.35. The fourth-order valence-corrected chi connectivity index (χ4v) is 2.40. The monoisotopic (exact) mass is 337 g/mol. The zero-order chi connectivity index (χ0) is 17.6. The van der Waals surface area contributed by atoms with Crippen molar-refractivity contribution in [3.8, 4) is 11.6 Å². The van der Waals surface area contributed by atoms with E-state index in [9.17, 15) is 9.90 Å². The lowest BCUT2D eigenvalue weighted by Crippen LogP contribution is -1.98. The number of aromatic nitrogens is 1. The van der Waals surface area contributed by atoms with E-state index in [1.165, 1.54) is 0 Å². The van der Waals surface area contributed by atoms with Crippen LogP contribution in [0.1, 0.15) is 30.1 Å². The molecule has 3 aromatic rings. The Hall–Kier alpha value is -3.15. The third-order valence-electron chi connectivity index (χ3n) is 3.77. The van der Waals surface area contributed by atoms with Crippen LogP contribution < -0.4 is 4.74 Å². The van der Waals surface area contributed by atoms with Crippen molar-refractivity contribution in [3.05, 3.63) is 54.1 Å². The second-order valence-electron chi connectivity index (χ2n) is 5.60. The number of rotatable bonds is 6. The van der Waals surface area contributed by atoms with Crippen molar-refractivity contribution in [1.82, 2.24) is 4.98 Å². The van der Waals surface area contributed by atoms with E-state index in [1.54, 1.807) is 30.3 Å². The number of unbranched alkanes of at least 4 members (excludes halogenated alkanes) is 1. The number of aromatic hydroxyl groups is 1. The Kier molecular flexibility index (Phi) is 5.09. The van der Waals surface area contributed by atoms with Crippen molar-refractivity contribution in [2.75, 3.05) is 6.61 Å². The molecule has 1 aromatic heterocycles. The molecule has 0 saturated heterocycles. The molecule has 6 nitrogen and oxygen atoms in total. The van der Waals surface area contributed by atoms with Crippen molar-refractivity contribution >= 4 is 22.5 Å². The number of hydrogen-bond acceptors (Lipinski definition) is 4. The number of aromatic amines is 1. The minimum Gasteiger partial charge on any atom is -0.494 e. The summed E-state index contributed by atoms with van der Waals surface area (Å²) in [5.41, 5.74) is 1.39. The lowest BCUT2D eigenvalue weighted by atomic mass is 10.2. The van der Waals surface area contributed by atoms with Crippen LogP contribution in [-0.2, 0) is 0 Å². The van der Waals surface area contributed by atoms with Gasteiger partial charge in [0.15, 0.2) is 5.69 Å². The molecule has 2 N–H and O–H groups in total. The van der Waals surface area contributed by atoms with E-state index in [1.807, 2.05) is 18.2 Å². The maximum atomic E-state index is 12.2. The van der Waals surface area contributed by atoms with Crippen LogP contribution in [0.4, 0.5) is 5.69 Å². The van der Waals surface area contributed by atoms with E-state index in [-0.39, 0.29) is 11.6 Å². The van der Waals surface area contributed by atoms with Gasteiger partial charge in [0.05, 0.1) is 12.1 Å². The summed E-state index contributed by atoms with van der Waals surface area (Å²) in [5.74, 6) is 0.124. The maximum absolute atomic E-state index is 12.2. The Morgan fingerprint density at radius 3 is 2.68 bits per heavy atom. The highest BCUT2D eigenvalue weighted by atomic mass is 16.5. The van der Waals surface area contributed by atoms with Crippen LogP contribution in [0.25, 0.3) is 10.9 Å². The molecule has 1 heterocycles. The van der Waals surface area contributed by atoms with Gasteiger partial charge >= 0.3 is 0 Å². The van der Waals surface area contributed by atoms with Gasteiger partial charge in [0.2, 0.25) is 5.88 Å². The number of ether oxygens (including phenoxy) is 1. The molecule has 0 aliphatic carbocycles. The van der Waals surface area contributed by atoms with Crippen molar-refractivity contribution < 1.29 is 14.6 Å². The van der Waals surface area contributed by atoms with Crippen molar-refractivity contribution in [3.63, 3.8) is 0 Å². The van der Waals surface area contributed by atoms with Gasteiger partial charge in [-0.25, -0.2) is 0 Å². The highest BCUT2D eigenvalue weighted by molar-refractivity contribution is 5.97. The van der Waals surface area contributed by atoms with Gasteiger partial charge in [0, 0.05) is 10.9 Å². The van der Waals surface area contributed by atoms with Crippen molar-refractivity contribution in [2.24, 2.45) is 10.2 Å².